The molecule has 28 heavy (non-hydrogen) atoms. The second-order valence-corrected chi connectivity index (χ2v) is 7.10. The molecule has 1 amide bonds. The Bertz CT molecular complexity index is 983. The first-order valence-corrected chi connectivity index (χ1v) is 9.29. The molecule has 0 radical (unpaired) electrons. The van der Waals surface area contributed by atoms with Crippen LogP contribution in [0.15, 0.2) is 67.3 Å². The first-order valence-electron chi connectivity index (χ1n) is 9.29. The van der Waals surface area contributed by atoms with Gasteiger partial charge >= 0.3 is 0 Å². The molecule has 142 valence electrons. The molecular weight excluding hydrogens is 354 g/mol. The zero-order valence-corrected chi connectivity index (χ0v) is 15.3. The van der Waals surface area contributed by atoms with Gasteiger partial charge in [0.2, 0.25) is 0 Å². The summed E-state index contributed by atoms with van der Waals surface area (Å²) >= 11 is 0. The molecule has 3 atom stereocenters. The number of rotatable bonds is 5. The number of nitro groups is 1. The molecule has 0 saturated carbocycles. The van der Waals surface area contributed by atoms with Gasteiger partial charge in [0, 0.05) is 24.6 Å². The molecule has 1 aliphatic heterocycles. The van der Waals surface area contributed by atoms with Crippen LogP contribution >= 0.6 is 0 Å². The van der Waals surface area contributed by atoms with E-state index in [2.05, 4.69) is 29.4 Å². The Morgan fingerprint density at radius 1 is 1.32 bits per heavy atom. The van der Waals surface area contributed by atoms with E-state index in [4.69, 9.17) is 0 Å². The molecule has 0 spiro atoms. The Labute approximate surface area is 163 Å². The standard InChI is InChI=1S/C22H21N3O3/c1-2-12-23-22(26)19-11-5-10-18-16-8-4-9-17(16)20(24-21(18)19)14-6-3-7-15(13-14)25(27)28/h2-8,10-11,13,16-17,20,24H,1,9,12H2,(H,23,26). The number of nitrogens with zero attached hydrogens (tertiary/aromatic N) is 1. The largest absolute Gasteiger partial charge is 0.377 e. The van der Waals surface area contributed by atoms with Crippen molar-refractivity contribution in [2.75, 3.05) is 11.9 Å². The summed E-state index contributed by atoms with van der Waals surface area (Å²) in [6, 6.07) is 12.4. The number of hydrogen-bond acceptors (Lipinski definition) is 4. The Morgan fingerprint density at radius 3 is 2.93 bits per heavy atom. The number of amides is 1. The van der Waals surface area contributed by atoms with Crippen molar-refractivity contribution in [3.05, 3.63) is 94.1 Å². The van der Waals surface area contributed by atoms with Crippen LogP contribution in [-0.2, 0) is 0 Å². The average Bonchev–Trinajstić information content (AvgIpc) is 3.21. The van der Waals surface area contributed by atoms with Gasteiger partial charge in [0.25, 0.3) is 11.6 Å². The highest BCUT2D eigenvalue weighted by Gasteiger charge is 2.39. The maximum atomic E-state index is 12.6. The predicted octanol–water partition coefficient (Wildman–Crippen LogP) is 4.34. The SMILES string of the molecule is C=CCNC(=O)c1cccc2c1NC(c1cccc([N+](=O)[O-])c1)C1CC=CC21. The zero-order valence-electron chi connectivity index (χ0n) is 15.3. The van der Waals surface area contributed by atoms with Crippen LogP contribution in [-0.4, -0.2) is 17.4 Å². The summed E-state index contributed by atoms with van der Waals surface area (Å²) in [5.41, 5.74) is 3.40. The summed E-state index contributed by atoms with van der Waals surface area (Å²) in [4.78, 5) is 23.5. The maximum absolute atomic E-state index is 12.6. The van der Waals surface area contributed by atoms with Crippen molar-refractivity contribution in [3.8, 4) is 0 Å². The fourth-order valence-electron chi connectivity index (χ4n) is 4.23. The summed E-state index contributed by atoms with van der Waals surface area (Å²) in [7, 11) is 0. The van der Waals surface area contributed by atoms with Crippen LogP contribution in [0.5, 0.6) is 0 Å². The Hall–Kier alpha value is -3.41. The normalized spacial score (nSPS) is 21.9. The first kappa shape index (κ1) is 18.0. The highest BCUT2D eigenvalue weighted by atomic mass is 16.6. The van der Waals surface area contributed by atoms with E-state index in [1.54, 1.807) is 24.3 Å². The Morgan fingerprint density at radius 2 is 2.14 bits per heavy atom. The number of allylic oxidation sites excluding steroid dienone is 2. The van der Waals surface area contributed by atoms with Gasteiger partial charge in [-0.25, -0.2) is 0 Å². The smallest absolute Gasteiger partial charge is 0.269 e. The van der Waals surface area contributed by atoms with E-state index in [-0.39, 0.29) is 34.4 Å². The van der Waals surface area contributed by atoms with Gasteiger partial charge in [-0.3, -0.25) is 14.9 Å². The van der Waals surface area contributed by atoms with E-state index < -0.39 is 0 Å². The molecular formula is C22H21N3O3. The molecule has 1 aliphatic carbocycles. The van der Waals surface area contributed by atoms with Crippen LogP contribution < -0.4 is 10.6 Å². The van der Waals surface area contributed by atoms with Gasteiger partial charge in [-0.05, 0) is 29.5 Å². The average molecular weight is 375 g/mol. The number of fused-ring (bicyclic) bond motifs is 3. The van der Waals surface area contributed by atoms with Gasteiger partial charge in [0.1, 0.15) is 0 Å². The molecule has 0 saturated heterocycles. The molecule has 6 nitrogen and oxygen atoms in total. The second kappa shape index (κ2) is 7.31. The van der Waals surface area contributed by atoms with Crippen LogP contribution in [0.25, 0.3) is 0 Å². The van der Waals surface area contributed by atoms with Crippen LogP contribution in [0.1, 0.15) is 39.9 Å². The van der Waals surface area contributed by atoms with Crippen molar-refractivity contribution in [1.29, 1.82) is 0 Å². The minimum absolute atomic E-state index is 0.0737. The predicted molar refractivity (Wildman–Crippen MR) is 108 cm³/mol. The summed E-state index contributed by atoms with van der Waals surface area (Å²) in [6.07, 6.45) is 6.86. The van der Waals surface area contributed by atoms with Crippen LogP contribution in [0.2, 0.25) is 0 Å². The molecule has 4 rings (SSSR count). The van der Waals surface area contributed by atoms with Crippen molar-refractivity contribution >= 4 is 17.3 Å². The summed E-state index contributed by atoms with van der Waals surface area (Å²) < 4.78 is 0. The molecule has 2 aromatic carbocycles. The molecule has 1 heterocycles. The Balaban J connectivity index is 1.77. The van der Waals surface area contributed by atoms with Crippen molar-refractivity contribution in [3.63, 3.8) is 0 Å². The third-order valence-electron chi connectivity index (χ3n) is 5.49. The van der Waals surface area contributed by atoms with E-state index in [0.717, 1.165) is 23.2 Å². The van der Waals surface area contributed by atoms with Gasteiger partial charge in [0.15, 0.2) is 0 Å². The van der Waals surface area contributed by atoms with Crippen molar-refractivity contribution < 1.29 is 9.72 Å². The number of hydrogen-bond donors (Lipinski definition) is 2. The third kappa shape index (κ3) is 3.07. The maximum Gasteiger partial charge on any atom is 0.269 e. The lowest BCUT2D eigenvalue weighted by atomic mass is 9.76. The summed E-state index contributed by atoms with van der Waals surface area (Å²) in [5.74, 6) is 0.260. The van der Waals surface area contributed by atoms with Crippen LogP contribution in [0.3, 0.4) is 0 Å². The van der Waals surface area contributed by atoms with Crippen molar-refractivity contribution in [2.45, 2.75) is 18.4 Å². The fourth-order valence-corrected chi connectivity index (χ4v) is 4.23. The molecule has 2 aliphatic rings. The quantitative estimate of drug-likeness (QED) is 0.463. The minimum atomic E-state index is -0.376. The lowest BCUT2D eigenvalue weighted by Crippen LogP contribution is -2.32. The highest BCUT2D eigenvalue weighted by Crippen LogP contribution is 2.50. The van der Waals surface area contributed by atoms with Gasteiger partial charge < -0.3 is 10.6 Å². The highest BCUT2D eigenvalue weighted by molar-refractivity contribution is 6.00. The molecule has 2 aromatic rings. The summed E-state index contributed by atoms with van der Waals surface area (Å²) in [5, 5.41) is 17.6. The van der Waals surface area contributed by atoms with E-state index in [1.165, 1.54) is 6.07 Å². The van der Waals surface area contributed by atoms with E-state index >= 15 is 0 Å². The number of carbonyl (C=O) groups is 1. The van der Waals surface area contributed by atoms with E-state index in [9.17, 15) is 14.9 Å². The topological polar surface area (TPSA) is 84.3 Å². The van der Waals surface area contributed by atoms with Crippen LogP contribution in [0.4, 0.5) is 11.4 Å². The molecule has 2 N–H and O–H groups in total. The number of nitrogens with one attached hydrogen (secondary N) is 2. The molecule has 6 heteroatoms. The monoisotopic (exact) mass is 375 g/mol. The molecule has 0 aromatic heterocycles. The fraction of sp³-hybridized carbons (Fsp3) is 0.227. The number of benzene rings is 2. The van der Waals surface area contributed by atoms with E-state index in [0.29, 0.717) is 12.1 Å². The van der Waals surface area contributed by atoms with Gasteiger partial charge in [-0.15, -0.1) is 6.58 Å². The second-order valence-electron chi connectivity index (χ2n) is 7.10. The van der Waals surface area contributed by atoms with Crippen LogP contribution in [0, 0.1) is 16.0 Å². The molecule has 0 fully saturated rings. The van der Waals surface area contributed by atoms with Gasteiger partial charge in [-0.1, -0.05) is 42.5 Å². The lowest BCUT2D eigenvalue weighted by molar-refractivity contribution is -0.384. The zero-order chi connectivity index (χ0) is 19.7. The van der Waals surface area contributed by atoms with E-state index in [1.807, 2.05) is 18.2 Å². The number of nitro benzene ring substituents is 1. The van der Waals surface area contributed by atoms with Crippen molar-refractivity contribution in [1.82, 2.24) is 5.32 Å². The van der Waals surface area contributed by atoms with Gasteiger partial charge in [0.05, 0.1) is 22.2 Å². The lowest BCUT2D eigenvalue weighted by Gasteiger charge is -2.38. The first-order chi connectivity index (χ1) is 13.6. The number of anilines is 1. The van der Waals surface area contributed by atoms with Crippen molar-refractivity contribution in [2.24, 2.45) is 5.92 Å². The van der Waals surface area contributed by atoms with Gasteiger partial charge in [-0.2, -0.15) is 0 Å². The third-order valence-corrected chi connectivity index (χ3v) is 5.49. The summed E-state index contributed by atoms with van der Waals surface area (Å²) in [6.45, 7) is 4.03. The Kier molecular flexibility index (Phi) is 4.69. The minimum Gasteiger partial charge on any atom is -0.377 e. The molecule has 3 unspecified atom stereocenters. The molecule has 0 bridgehead atoms. The number of non-ortho nitro benzene ring substituents is 1. The number of para-hydroxylation sites is 1. The number of carbonyl (C=O) groups excluding carboxylic acids is 1.